The second-order valence-electron chi connectivity index (χ2n) is 7.51. The summed E-state index contributed by atoms with van der Waals surface area (Å²) < 4.78 is 16.3. The Hall–Kier alpha value is -4.06. The second-order valence-corrected chi connectivity index (χ2v) is 7.51. The third-order valence-electron chi connectivity index (χ3n) is 5.31. The van der Waals surface area contributed by atoms with Gasteiger partial charge in [-0.15, -0.1) is 0 Å². The van der Waals surface area contributed by atoms with Crippen LogP contribution in [0.4, 0.5) is 5.69 Å². The molecule has 1 aliphatic heterocycles. The summed E-state index contributed by atoms with van der Waals surface area (Å²) in [5, 5.41) is 0. The molecule has 0 radical (unpaired) electrons. The van der Waals surface area contributed by atoms with Gasteiger partial charge in [-0.25, -0.2) is 4.99 Å². The lowest BCUT2D eigenvalue weighted by Gasteiger charge is -2.19. The van der Waals surface area contributed by atoms with E-state index in [2.05, 4.69) is 0 Å². The molecule has 0 fully saturated rings. The number of amidine groups is 1. The molecule has 0 aliphatic carbocycles. The molecule has 1 amide bonds. The molecule has 0 aromatic heterocycles. The number of nitrogens with zero attached hydrogens (tertiary/aromatic N) is 2. The van der Waals surface area contributed by atoms with Crippen molar-refractivity contribution in [2.24, 2.45) is 4.99 Å². The molecule has 4 rings (SSSR count). The summed E-state index contributed by atoms with van der Waals surface area (Å²) in [6.07, 6.45) is 1.74. The molecule has 3 aromatic rings. The summed E-state index contributed by atoms with van der Waals surface area (Å²) in [4.78, 5) is 19.9. The Morgan fingerprint density at radius 3 is 2.24 bits per heavy atom. The van der Waals surface area contributed by atoms with E-state index in [1.165, 1.54) is 0 Å². The van der Waals surface area contributed by atoms with Crippen molar-refractivity contribution in [3.63, 3.8) is 0 Å². The van der Waals surface area contributed by atoms with E-state index in [1.54, 1.807) is 31.3 Å². The number of aliphatic imine (C=N–C) groups is 1. The van der Waals surface area contributed by atoms with Gasteiger partial charge in [-0.1, -0.05) is 29.8 Å². The summed E-state index contributed by atoms with van der Waals surface area (Å²) in [5.74, 6) is 2.38. The second kappa shape index (κ2) is 9.61. The molecule has 0 atom stereocenters. The van der Waals surface area contributed by atoms with Crippen LogP contribution in [0.25, 0.3) is 6.08 Å². The summed E-state index contributed by atoms with van der Waals surface area (Å²) >= 11 is 0. The molecule has 33 heavy (non-hydrogen) atoms. The van der Waals surface area contributed by atoms with Gasteiger partial charge in [-0.3, -0.25) is 9.69 Å². The highest BCUT2D eigenvalue weighted by Gasteiger charge is 2.32. The SMILES string of the molecule is CCOc1ccc(N2C(=O)/C(=C\c3ccc(OC)cc3OC)N=C2c2ccc(C)cc2)cc1. The first-order valence-electron chi connectivity index (χ1n) is 10.7. The Labute approximate surface area is 193 Å². The largest absolute Gasteiger partial charge is 0.497 e. The predicted molar refractivity (Wildman–Crippen MR) is 130 cm³/mol. The fourth-order valence-corrected chi connectivity index (χ4v) is 3.60. The van der Waals surface area contributed by atoms with Crippen molar-refractivity contribution in [2.75, 3.05) is 25.7 Å². The van der Waals surface area contributed by atoms with Crippen molar-refractivity contribution in [2.45, 2.75) is 13.8 Å². The summed E-state index contributed by atoms with van der Waals surface area (Å²) in [5.41, 5.74) is 3.76. The maximum atomic E-state index is 13.5. The van der Waals surface area contributed by atoms with Gasteiger partial charge in [0.15, 0.2) is 0 Å². The first kappa shape index (κ1) is 22.1. The number of aryl methyl sites for hydroxylation is 1. The first-order chi connectivity index (χ1) is 16.0. The lowest BCUT2D eigenvalue weighted by atomic mass is 10.1. The van der Waals surface area contributed by atoms with Gasteiger partial charge in [0.05, 0.1) is 26.5 Å². The van der Waals surface area contributed by atoms with E-state index < -0.39 is 0 Å². The average molecular weight is 443 g/mol. The number of rotatable bonds is 7. The van der Waals surface area contributed by atoms with Gasteiger partial charge in [0.1, 0.15) is 28.8 Å². The molecule has 1 aliphatic rings. The topological polar surface area (TPSA) is 60.4 Å². The Morgan fingerprint density at radius 2 is 1.61 bits per heavy atom. The zero-order chi connectivity index (χ0) is 23.4. The number of methoxy groups -OCH3 is 2. The number of benzene rings is 3. The highest BCUT2D eigenvalue weighted by atomic mass is 16.5. The minimum Gasteiger partial charge on any atom is -0.497 e. The zero-order valence-electron chi connectivity index (χ0n) is 19.2. The van der Waals surface area contributed by atoms with E-state index in [1.807, 2.05) is 74.5 Å². The Balaban J connectivity index is 1.79. The molecular formula is C27H26N2O4. The third kappa shape index (κ3) is 4.60. The van der Waals surface area contributed by atoms with Crippen molar-refractivity contribution < 1.29 is 19.0 Å². The summed E-state index contributed by atoms with van der Waals surface area (Å²) in [7, 11) is 3.18. The zero-order valence-corrected chi connectivity index (χ0v) is 19.2. The minimum absolute atomic E-state index is 0.215. The van der Waals surface area contributed by atoms with Gasteiger partial charge < -0.3 is 14.2 Å². The molecule has 3 aromatic carbocycles. The van der Waals surface area contributed by atoms with Crippen LogP contribution in [0.1, 0.15) is 23.6 Å². The van der Waals surface area contributed by atoms with Gasteiger partial charge in [0, 0.05) is 17.2 Å². The fraction of sp³-hybridized carbons (Fsp3) is 0.185. The van der Waals surface area contributed by atoms with Crippen molar-refractivity contribution in [1.29, 1.82) is 0 Å². The normalized spacial score (nSPS) is 14.4. The Kier molecular flexibility index (Phi) is 6.45. The van der Waals surface area contributed by atoms with E-state index in [0.717, 1.165) is 22.4 Å². The van der Waals surface area contributed by atoms with Crippen LogP contribution in [0.2, 0.25) is 0 Å². The van der Waals surface area contributed by atoms with Gasteiger partial charge in [0.2, 0.25) is 0 Å². The Bertz CT molecular complexity index is 1210. The van der Waals surface area contributed by atoms with Crippen molar-refractivity contribution in [1.82, 2.24) is 0 Å². The third-order valence-corrected chi connectivity index (χ3v) is 5.31. The van der Waals surface area contributed by atoms with E-state index in [0.29, 0.717) is 35.3 Å². The van der Waals surface area contributed by atoms with Gasteiger partial charge in [-0.2, -0.15) is 0 Å². The molecule has 0 N–H and O–H groups in total. The lowest BCUT2D eigenvalue weighted by molar-refractivity contribution is -0.113. The van der Waals surface area contributed by atoms with Crippen molar-refractivity contribution >= 4 is 23.5 Å². The van der Waals surface area contributed by atoms with Crippen LogP contribution in [-0.2, 0) is 4.79 Å². The number of hydrogen-bond acceptors (Lipinski definition) is 5. The molecule has 6 nitrogen and oxygen atoms in total. The maximum absolute atomic E-state index is 13.5. The smallest absolute Gasteiger partial charge is 0.282 e. The number of ether oxygens (including phenoxy) is 3. The molecule has 0 saturated heterocycles. The fourth-order valence-electron chi connectivity index (χ4n) is 3.60. The van der Waals surface area contributed by atoms with E-state index in [4.69, 9.17) is 19.2 Å². The van der Waals surface area contributed by atoms with Crippen LogP contribution in [0.5, 0.6) is 17.2 Å². The molecule has 0 spiro atoms. The maximum Gasteiger partial charge on any atom is 0.282 e. The van der Waals surface area contributed by atoms with Crippen LogP contribution in [0, 0.1) is 6.92 Å². The minimum atomic E-state index is -0.215. The van der Waals surface area contributed by atoms with Gasteiger partial charge in [-0.05, 0) is 56.3 Å². The molecule has 0 unspecified atom stereocenters. The molecule has 6 heteroatoms. The number of hydrogen-bond donors (Lipinski definition) is 0. The standard InChI is InChI=1S/C27H26N2O4/c1-5-33-22-14-11-21(12-15-22)29-26(19-8-6-18(2)7-9-19)28-24(27(29)30)16-20-10-13-23(31-3)17-25(20)32-4/h6-17H,5H2,1-4H3/b24-16+. The number of amides is 1. The average Bonchev–Trinajstić information content (AvgIpc) is 3.16. The van der Waals surface area contributed by atoms with Gasteiger partial charge >= 0.3 is 0 Å². The molecule has 0 bridgehead atoms. The monoisotopic (exact) mass is 442 g/mol. The molecular weight excluding hydrogens is 416 g/mol. The van der Waals surface area contributed by atoms with E-state index >= 15 is 0 Å². The lowest BCUT2D eigenvalue weighted by Crippen LogP contribution is -2.32. The van der Waals surface area contributed by atoms with Crippen molar-refractivity contribution in [3.8, 4) is 17.2 Å². The molecule has 0 saturated carbocycles. The quantitative estimate of drug-likeness (QED) is 0.469. The summed E-state index contributed by atoms with van der Waals surface area (Å²) in [6, 6.07) is 20.8. The van der Waals surface area contributed by atoms with Crippen LogP contribution in [-0.4, -0.2) is 32.6 Å². The van der Waals surface area contributed by atoms with E-state index in [9.17, 15) is 4.79 Å². The highest BCUT2D eigenvalue weighted by Crippen LogP contribution is 2.32. The highest BCUT2D eigenvalue weighted by molar-refractivity contribution is 6.33. The Morgan fingerprint density at radius 1 is 0.909 bits per heavy atom. The van der Waals surface area contributed by atoms with Crippen LogP contribution in [0.15, 0.2) is 77.4 Å². The van der Waals surface area contributed by atoms with Crippen LogP contribution in [0.3, 0.4) is 0 Å². The number of carbonyl (C=O) groups is 1. The van der Waals surface area contributed by atoms with Gasteiger partial charge in [0.25, 0.3) is 5.91 Å². The molecule has 168 valence electrons. The predicted octanol–water partition coefficient (Wildman–Crippen LogP) is 5.25. The molecule has 1 heterocycles. The van der Waals surface area contributed by atoms with Crippen LogP contribution >= 0.6 is 0 Å². The number of anilines is 1. The number of carbonyl (C=O) groups excluding carboxylic acids is 1. The van der Waals surface area contributed by atoms with E-state index in [-0.39, 0.29) is 5.91 Å². The summed E-state index contributed by atoms with van der Waals surface area (Å²) in [6.45, 7) is 4.54. The van der Waals surface area contributed by atoms with Crippen molar-refractivity contribution in [3.05, 3.63) is 89.1 Å². The first-order valence-corrected chi connectivity index (χ1v) is 10.7. The van der Waals surface area contributed by atoms with Crippen LogP contribution < -0.4 is 19.1 Å².